The van der Waals surface area contributed by atoms with E-state index in [1.165, 1.54) is 6.07 Å². The Kier molecular flexibility index (Phi) is 2.49. The minimum absolute atomic E-state index is 0.0930. The lowest BCUT2D eigenvalue weighted by Gasteiger charge is -2.12. The Hall–Kier alpha value is -1.04. The molecule has 6 heteroatoms. The first-order valence-electron chi connectivity index (χ1n) is 4.38. The van der Waals surface area contributed by atoms with Gasteiger partial charge in [-0.2, -0.15) is 13.2 Å². The molecule has 0 amide bonds. The molecule has 0 saturated carbocycles. The number of benzene rings is 1. The molecule has 1 aromatic carbocycles. The highest BCUT2D eigenvalue weighted by molar-refractivity contribution is 9.10. The average Bonchev–Trinajstić information content (AvgIpc) is 2.52. The van der Waals surface area contributed by atoms with Crippen LogP contribution in [0, 0.1) is 0 Å². The molecule has 1 aliphatic heterocycles. The molecule has 1 atom stereocenters. The van der Waals surface area contributed by atoms with E-state index in [1.807, 2.05) is 0 Å². The molecule has 1 heterocycles. The molecule has 0 radical (unpaired) electrons. The number of fused-ring (bicyclic) bond motifs is 1. The summed E-state index contributed by atoms with van der Waals surface area (Å²) in [7, 11) is 0. The fourth-order valence-electron chi connectivity index (χ4n) is 1.54. The Bertz CT molecular complexity index is 444. The molecule has 1 aliphatic rings. The van der Waals surface area contributed by atoms with Gasteiger partial charge in [-0.1, -0.05) is 0 Å². The number of alkyl halides is 4. The largest absolute Gasteiger partial charge is 0.468 e. The van der Waals surface area contributed by atoms with Crippen molar-refractivity contribution in [1.29, 1.82) is 0 Å². The number of ether oxygens (including phenoxy) is 1. The standard InChI is InChI=1S/C10H6BrF3O2/c11-9(5-15)4-6-3-7(10(12,13)14)1-2-8(6)16-9/h1-3,5H,4H2. The summed E-state index contributed by atoms with van der Waals surface area (Å²) >= 11 is 3.03. The van der Waals surface area contributed by atoms with Crippen LogP contribution in [0.3, 0.4) is 0 Å². The van der Waals surface area contributed by atoms with Crippen molar-refractivity contribution in [3.05, 3.63) is 29.3 Å². The van der Waals surface area contributed by atoms with Crippen LogP contribution in [0.1, 0.15) is 11.1 Å². The van der Waals surface area contributed by atoms with Gasteiger partial charge in [0, 0.05) is 12.0 Å². The first-order valence-corrected chi connectivity index (χ1v) is 5.18. The molecule has 1 aromatic rings. The second kappa shape index (κ2) is 3.48. The van der Waals surface area contributed by atoms with Crippen molar-refractivity contribution >= 4 is 22.2 Å². The molecule has 16 heavy (non-hydrogen) atoms. The van der Waals surface area contributed by atoms with E-state index in [0.29, 0.717) is 17.6 Å². The minimum atomic E-state index is -4.38. The van der Waals surface area contributed by atoms with Crippen molar-refractivity contribution < 1.29 is 22.7 Å². The van der Waals surface area contributed by atoms with Crippen molar-refractivity contribution in [1.82, 2.24) is 0 Å². The summed E-state index contributed by atoms with van der Waals surface area (Å²) in [5.74, 6) is 0.303. The van der Waals surface area contributed by atoms with Gasteiger partial charge in [-0.25, -0.2) is 0 Å². The molecule has 0 aromatic heterocycles. The zero-order valence-corrected chi connectivity index (χ0v) is 9.43. The highest BCUT2D eigenvalue weighted by Gasteiger charge is 2.39. The molecule has 2 nitrogen and oxygen atoms in total. The van der Waals surface area contributed by atoms with Crippen LogP contribution >= 0.6 is 15.9 Å². The Morgan fingerprint density at radius 2 is 2.12 bits per heavy atom. The monoisotopic (exact) mass is 294 g/mol. The van der Waals surface area contributed by atoms with Crippen LogP contribution in [-0.2, 0) is 17.4 Å². The summed E-state index contributed by atoms with van der Waals surface area (Å²) in [6, 6.07) is 3.16. The van der Waals surface area contributed by atoms with Gasteiger partial charge >= 0.3 is 6.18 Å². The van der Waals surface area contributed by atoms with Crippen molar-refractivity contribution in [3.63, 3.8) is 0 Å². The zero-order chi connectivity index (χ0) is 12.0. The normalized spacial score (nSPS) is 23.8. The predicted octanol–water partition coefficient (Wildman–Crippen LogP) is 2.93. The number of hydrogen-bond donors (Lipinski definition) is 0. The lowest BCUT2D eigenvalue weighted by Crippen LogP contribution is -2.27. The summed E-state index contributed by atoms with van der Waals surface area (Å²) in [5.41, 5.74) is -0.365. The summed E-state index contributed by atoms with van der Waals surface area (Å²) in [4.78, 5) is 10.7. The maximum atomic E-state index is 12.4. The molecule has 0 bridgehead atoms. The van der Waals surface area contributed by atoms with Gasteiger partial charge in [0.15, 0.2) is 6.29 Å². The van der Waals surface area contributed by atoms with E-state index in [0.717, 1.165) is 12.1 Å². The van der Waals surface area contributed by atoms with Crippen LogP contribution in [0.4, 0.5) is 13.2 Å². The number of aldehydes is 1. The fraction of sp³-hybridized carbons (Fsp3) is 0.300. The highest BCUT2D eigenvalue weighted by Crippen LogP contribution is 2.40. The van der Waals surface area contributed by atoms with Crippen LogP contribution in [0.5, 0.6) is 5.75 Å². The highest BCUT2D eigenvalue weighted by atomic mass is 79.9. The van der Waals surface area contributed by atoms with E-state index in [2.05, 4.69) is 15.9 Å². The van der Waals surface area contributed by atoms with Crippen LogP contribution in [-0.4, -0.2) is 10.8 Å². The Morgan fingerprint density at radius 3 is 2.69 bits per heavy atom. The van der Waals surface area contributed by atoms with Gasteiger partial charge in [0.2, 0.25) is 4.51 Å². The van der Waals surface area contributed by atoms with Gasteiger partial charge in [-0.05, 0) is 34.1 Å². The molecule has 86 valence electrons. The van der Waals surface area contributed by atoms with Crippen molar-refractivity contribution in [2.45, 2.75) is 17.1 Å². The summed E-state index contributed by atoms with van der Waals surface area (Å²) < 4.78 is 41.2. The van der Waals surface area contributed by atoms with Gasteiger partial charge in [0.1, 0.15) is 5.75 Å². The van der Waals surface area contributed by atoms with Gasteiger partial charge < -0.3 is 4.74 Å². The van der Waals surface area contributed by atoms with Crippen molar-refractivity contribution in [2.75, 3.05) is 0 Å². The van der Waals surface area contributed by atoms with Crippen LogP contribution in [0.15, 0.2) is 18.2 Å². The molecule has 0 fully saturated rings. The molecule has 1 unspecified atom stereocenters. The van der Waals surface area contributed by atoms with Crippen molar-refractivity contribution in [2.24, 2.45) is 0 Å². The lowest BCUT2D eigenvalue weighted by molar-refractivity contribution is -0.137. The number of halogens is 4. The Balaban J connectivity index is 2.38. The maximum Gasteiger partial charge on any atom is 0.416 e. The molecule has 0 spiro atoms. The lowest BCUT2D eigenvalue weighted by atomic mass is 10.1. The number of rotatable bonds is 1. The smallest absolute Gasteiger partial charge is 0.416 e. The first-order chi connectivity index (χ1) is 7.34. The third kappa shape index (κ3) is 1.93. The van der Waals surface area contributed by atoms with Gasteiger partial charge in [-0.3, -0.25) is 4.79 Å². The number of carbonyl (C=O) groups excluding carboxylic acids is 1. The van der Waals surface area contributed by atoms with Crippen LogP contribution in [0.25, 0.3) is 0 Å². The van der Waals surface area contributed by atoms with E-state index in [9.17, 15) is 18.0 Å². The third-order valence-corrected chi connectivity index (χ3v) is 2.90. The average molecular weight is 295 g/mol. The molecule has 0 aliphatic carbocycles. The second-order valence-corrected chi connectivity index (χ2v) is 4.85. The Labute approximate surface area is 97.5 Å². The fourth-order valence-corrected chi connectivity index (χ4v) is 2.01. The Morgan fingerprint density at radius 1 is 1.44 bits per heavy atom. The van der Waals surface area contributed by atoms with Gasteiger partial charge in [0.05, 0.1) is 5.56 Å². The van der Waals surface area contributed by atoms with E-state index in [1.54, 1.807) is 0 Å². The van der Waals surface area contributed by atoms with Crippen LogP contribution in [0.2, 0.25) is 0 Å². The van der Waals surface area contributed by atoms with Crippen molar-refractivity contribution in [3.8, 4) is 5.75 Å². The SMILES string of the molecule is O=CC1(Br)Cc2cc(C(F)(F)F)ccc2O1. The topological polar surface area (TPSA) is 26.3 Å². The molecular weight excluding hydrogens is 289 g/mol. The second-order valence-electron chi connectivity index (χ2n) is 3.50. The summed E-state index contributed by atoms with van der Waals surface area (Å²) in [5, 5.41) is 0. The number of carbonyl (C=O) groups is 1. The first kappa shape index (κ1) is 11.4. The summed E-state index contributed by atoms with van der Waals surface area (Å²) in [6.45, 7) is 0. The van der Waals surface area contributed by atoms with Gasteiger partial charge in [-0.15, -0.1) is 0 Å². The third-order valence-electron chi connectivity index (χ3n) is 2.27. The molecule has 0 N–H and O–H groups in total. The van der Waals surface area contributed by atoms with E-state index in [4.69, 9.17) is 4.74 Å². The molecule has 0 saturated heterocycles. The van der Waals surface area contributed by atoms with E-state index < -0.39 is 16.3 Å². The quantitative estimate of drug-likeness (QED) is 0.588. The predicted molar refractivity (Wildman–Crippen MR) is 53.5 cm³/mol. The molecule has 2 rings (SSSR count). The maximum absolute atomic E-state index is 12.4. The number of hydrogen-bond acceptors (Lipinski definition) is 2. The molecular formula is C10H6BrF3O2. The summed E-state index contributed by atoms with van der Waals surface area (Å²) in [6.07, 6.45) is -3.76. The zero-order valence-electron chi connectivity index (χ0n) is 7.84. The van der Waals surface area contributed by atoms with Gasteiger partial charge in [0.25, 0.3) is 0 Å². The van der Waals surface area contributed by atoms with E-state index >= 15 is 0 Å². The minimum Gasteiger partial charge on any atom is -0.468 e. The van der Waals surface area contributed by atoms with E-state index in [-0.39, 0.29) is 6.42 Å². The van der Waals surface area contributed by atoms with Crippen LogP contribution < -0.4 is 4.74 Å².